The van der Waals surface area contributed by atoms with Crippen LogP contribution in [0.15, 0.2) is 18.2 Å². The fraction of sp³-hybridized carbons (Fsp3) is 0.455. The van der Waals surface area contributed by atoms with Gasteiger partial charge in [0, 0.05) is 13.0 Å². The molecule has 1 atom stereocenters. The van der Waals surface area contributed by atoms with Crippen LogP contribution in [0.1, 0.15) is 5.56 Å². The summed E-state index contributed by atoms with van der Waals surface area (Å²) in [7, 11) is 3.28. The number of ether oxygens (including phenoxy) is 1. The van der Waals surface area contributed by atoms with E-state index in [4.69, 9.17) is 4.74 Å². The maximum Gasteiger partial charge on any atom is 0.123 e. The van der Waals surface area contributed by atoms with Gasteiger partial charge in [-0.15, -0.1) is 0 Å². The number of halogens is 1. The average molecular weight is 213 g/mol. The van der Waals surface area contributed by atoms with E-state index in [1.165, 1.54) is 19.2 Å². The Morgan fingerprint density at radius 1 is 1.53 bits per heavy atom. The summed E-state index contributed by atoms with van der Waals surface area (Å²) in [5.41, 5.74) is 0.681. The molecule has 0 fully saturated rings. The lowest BCUT2D eigenvalue weighted by Gasteiger charge is -2.12. The summed E-state index contributed by atoms with van der Waals surface area (Å²) in [5.74, 6) is 0.286. The third kappa shape index (κ3) is 3.49. The molecule has 0 aliphatic rings. The van der Waals surface area contributed by atoms with Crippen molar-refractivity contribution < 1.29 is 14.2 Å². The molecule has 0 saturated carbocycles. The van der Waals surface area contributed by atoms with E-state index in [-0.39, 0.29) is 5.82 Å². The summed E-state index contributed by atoms with van der Waals surface area (Å²) in [6.45, 7) is 0.472. The Kier molecular flexibility index (Phi) is 4.52. The second-order valence-electron chi connectivity index (χ2n) is 3.37. The van der Waals surface area contributed by atoms with Gasteiger partial charge in [-0.1, -0.05) is 0 Å². The largest absolute Gasteiger partial charge is 0.496 e. The molecule has 1 aromatic rings. The third-order valence-electron chi connectivity index (χ3n) is 2.14. The molecule has 1 unspecified atom stereocenters. The molecule has 0 amide bonds. The van der Waals surface area contributed by atoms with Crippen LogP contribution in [0.5, 0.6) is 5.75 Å². The van der Waals surface area contributed by atoms with E-state index < -0.39 is 6.10 Å². The molecule has 1 aromatic carbocycles. The number of hydrogen-bond donors (Lipinski definition) is 2. The van der Waals surface area contributed by atoms with Crippen LogP contribution < -0.4 is 10.1 Å². The Balaban J connectivity index is 2.77. The molecule has 0 radical (unpaired) electrons. The lowest BCUT2D eigenvalue weighted by molar-refractivity contribution is 0.173. The first-order valence-electron chi connectivity index (χ1n) is 4.82. The molecule has 2 N–H and O–H groups in total. The van der Waals surface area contributed by atoms with Crippen molar-refractivity contribution in [3.63, 3.8) is 0 Å². The first-order chi connectivity index (χ1) is 7.17. The number of hydrogen-bond acceptors (Lipinski definition) is 3. The van der Waals surface area contributed by atoms with Crippen LogP contribution in [-0.4, -0.2) is 31.9 Å². The Morgan fingerprint density at radius 3 is 2.87 bits per heavy atom. The molecule has 0 aromatic heterocycles. The van der Waals surface area contributed by atoms with Gasteiger partial charge >= 0.3 is 0 Å². The van der Waals surface area contributed by atoms with E-state index in [2.05, 4.69) is 5.32 Å². The van der Waals surface area contributed by atoms with Crippen LogP contribution in [-0.2, 0) is 6.42 Å². The van der Waals surface area contributed by atoms with Gasteiger partial charge < -0.3 is 15.2 Å². The van der Waals surface area contributed by atoms with Crippen molar-refractivity contribution in [1.29, 1.82) is 0 Å². The van der Waals surface area contributed by atoms with Gasteiger partial charge in [0.2, 0.25) is 0 Å². The molecule has 0 heterocycles. The van der Waals surface area contributed by atoms with Gasteiger partial charge in [0.1, 0.15) is 11.6 Å². The zero-order chi connectivity index (χ0) is 11.3. The van der Waals surface area contributed by atoms with Crippen LogP contribution in [0.3, 0.4) is 0 Å². The zero-order valence-electron chi connectivity index (χ0n) is 8.96. The number of methoxy groups -OCH3 is 1. The van der Waals surface area contributed by atoms with Crippen molar-refractivity contribution in [2.45, 2.75) is 12.5 Å². The maximum absolute atomic E-state index is 13.0. The van der Waals surface area contributed by atoms with Crippen molar-refractivity contribution in [1.82, 2.24) is 5.32 Å². The number of likely N-dealkylation sites (N-methyl/N-ethyl adjacent to an activating group) is 1. The molecule has 0 aliphatic carbocycles. The monoisotopic (exact) mass is 213 g/mol. The normalized spacial score (nSPS) is 12.5. The summed E-state index contributed by atoms with van der Waals surface area (Å²) in [5, 5.41) is 12.4. The predicted molar refractivity (Wildman–Crippen MR) is 56.6 cm³/mol. The van der Waals surface area contributed by atoms with Crippen molar-refractivity contribution in [2.24, 2.45) is 0 Å². The fourth-order valence-corrected chi connectivity index (χ4v) is 1.47. The molecule has 1 rings (SSSR count). The minimum Gasteiger partial charge on any atom is -0.496 e. The van der Waals surface area contributed by atoms with Crippen LogP contribution in [0.2, 0.25) is 0 Å². The molecule has 4 heteroatoms. The van der Waals surface area contributed by atoms with Gasteiger partial charge in [0.15, 0.2) is 0 Å². The first-order valence-corrected chi connectivity index (χ1v) is 4.82. The molecular formula is C11H16FNO2. The second kappa shape index (κ2) is 5.68. The van der Waals surface area contributed by atoms with Crippen molar-refractivity contribution in [2.75, 3.05) is 20.7 Å². The highest BCUT2D eigenvalue weighted by molar-refractivity contribution is 5.34. The zero-order valence-corrected chi connectivity index (χ0v) is 8.96. The molecule has 0 spiro atoms. The molecule has 0 bridgehead atoms. The SMILES string of the molecule is CNCC(O)Cc1cc(F)ccc1OC. The van der Waals surface area contributed by atoms with Gasteiger partial charge in [0.05, 0.1) is 13.2 Å². The standard InChI is InChI=1S/C11H16FNO2/c1-13-7-10(14)6-8-5-9(12)3-4-11(8)15-2/h3-5,10,13-14H,6-7H2,1-2H3. The number of aliphatic hydroxyl groups excluding tert-OH is 1. The Hall–Kier alpha value is -1.13. The highest BCUT2D eigenvalue weighted by Crippen LogP contribution is 2.20. The van der Waals surface area contributed by atoms with Crippen LogP contribution >= 0.6 is 0 Å². The van der Waals surface area contributed by atoms with Gasteiger partial charge in [-0.2, -0.15) is 0 Å². The topological polar surface area (TPSA) is 41.5 Å². The van der Waals surface area contributed by atoms with Gasteiger partial charge in [-0.3, -0.25) is 0 Å². The van der Waals surface area contributed by atoms with E-state index in [9.17, 15) is 9.50 Å². The summed E-state index contributed by atoms with van der Waals surface area (Å²) in [6, 6.07) is 4.29. The lowest BCUT2D eigenvalue weighted by Crippen LogP contribution is -2.25. The predicted octanol–water partition coefficient (Wildman–Crippen LogP) is 0.957. The molecule has 84 valence electrons. The van der Waals surface area contributed by atoms with Gasteiger partial charge in [-0.05, 0) is 30.8 Å². The van der Waals surface area contributed by atoms with Crippen molar-refractivity contribution in [3.8, 4) is 5.75 Å². The summed E-state index contributed by atoms with van der Waals surface area (Å²) in [6.07, 6.45) is -0.160. The van der Waals surface area contributed by atoms with Gasteiger partial charge in [-0.25, -0.2) is 4.39 Å². The smallest absolute Gasteiger partial charge is 0.123 e. The number of rotatable bonds is 5. The van der Waals surface area contributed by atoms with E-state index in [1.54, 1.807) is 13.1 Å². The third-order valence-corrected chi connectivity index (χ3v) is 2.14. The molecular weight excluding hydrogens is 197 g/mol. The minimum absolute atomic E-state index is 0.317. The second-order valence-corrected chi connectivity index (χ2v) is 3.37. The van der Waals surface area contributed by atoms with Crippen molar-refractivity contribution in [3.05, 3.63) is 29.6 Å². The Labute approximate surface area is 88.9 Å². The van der Waals surface area contributed by atoms with Crippen LogP contribution in [0.25, 0.3) is 0 Å². The van der Waals surface area contributed by atoms with E-state index in [1.807, 2.05) is 0 Å². The van der Waals surface area contributed by atoms with E-state index in [0.717, 1.165) is 0 Å². The highest BCUT2D eigenvalue weighted by Gasteiger charge is 2.10. The fourth-order valence-electron chi connectivity index (χ4n) is 1.47. The van der Waals surface area contributed by atoms with Crippen LogP contribution in [0, 0.1) is 5.82 Å². The molecule has 15 heavy (non-hydrogen) atoms. The quantitative estimate of drug-likeness (QED) is 0.765. The Bertz CT molecular complexity index is 317. The lowest BCUT2D eigenvalue weighted by atomic mass is 10.1. The van der Waals surface area contributed by atoms with Gasteiger partial charge in [0.25, 0.3) is 0 Å². The van der Waals surface area contributed by atoms with E-state index in [0.29, 0.717) is 24.3 Å². The number of nitrogens with one attached hydrogen (secondary N) is 1. The minimum atomic E-state index is -0.536. The average Bonchev–Trinajstić information content (AvgIpc) is 2.18. The van der Waals surface area contributed by atoms with Crippen molar-refractivity contribution >= 4 is 0 Å². The molecule has 3 nitrogen and oxygen atoms in total. The van der Waals surface area contributed by atoms with Crippen LogP contribution in [0.4, 0.5) is 4.39 Å². The first kappa shape index (κ1) is 11.9. The highest BCUT2D eigenvalue weighted by atomic mass is 19.1. The summed E-state index contributed by atoms with van der Waals surface area (Å²) < 4.78 is 18.0. The number of aliphatic hydroxyl groups is 1. The number of benzene rings is 1. The summed E-state index contributed by atoms with van der Waals surface area (Å²) in [4.78, 5) is 0. The maximum atomic E-state index is 13.0. The molecule has 0 aliphatic heterocycles. The summed E-state index contributed by atoms with van der Waals surface area (Å²) >= 11 is 0. The van der Waals surface area contributed by atoms with E-state index >= 15 is 0 Å². The molecule has 0 saturated heterocycles. The Morgan fingerprint density at radius 2 is 2.27 bits per heavy atom.